The Morgan fingerprint density at radius 3 is 2.48 bits per heavy atom. The van der Waals surface area contributed by atoms with Crippen molar-refractivity contribution in [3.05, 3.63) is 29.3 Å². The second-order valence-corrected chi connectivity index (χ2v) is 6.41. The Morgan fingerprint density at radius 1 is 1.19 bits per heavy atom. The van der Waals surface area contributed by atoms with Crippen LogP contribution in [0, 0.1) is 12.8 Å². The largest absolute Gasteiger partial charge is 0.497 e. The highest BCUT2D eigenvalue weighted by molar-refractivity contribution is 5.37. The first kappa shape index (κ1) is 16.4. The predicted molar refractivity (Wildman–Crippen MR) is 90.0 cm³/mol. The van der Waals surface area contributed by atoms with Gasteiger partial charge in [-0.2, -0.15) is 0 Å². The highest BCUT2D eigenvalue weighted by Crippen LogP contribution is 2.35. The van der Waals surface area contributed by atoms with E-state index in [1.807, 2.05) is 0 Å². The molecule has 1 unspecified atom stereocenters. The number of ether oxygens (including phenoxy) is 1. The molecule has 2 rings (SSSR count). The molecular weight excluding hydrogens is 258 g/mol. The van der Waals surface area contributed by atoms with E-state index in [0.29, 0.717) is 6.04 Å². The number of nitrogens with one attached hydrogen (secondary N) is 1. The van der Waals surface area contributed by atoms with Crippen molar-refractivity contribution in [3.63, 3.8) is 0 Å². The molecule has 1 atom stereocenters. The Morgan fingerprint density at radius 2 is 1.90 bits per heavy atom. The summed E-state index contributed by atoms with van der Waals surface area (Å²) in [5, 5.41) is 3.82. The van der Waals surface area contributed by atoms with Gasteiger partial charge in [-0.25, -0.2) is 0 Å². The predicted octanol–water partition coefficient (Wildman–Crippen LogP) is 5.01. The first-order valence-electron chi connectivity index (χ1n) is 8.64. The van der Waals surface area contributed by atoms with Crippen LogP contribution >= 0.6 is 0 Å². The number of benzene rings is 1. The summed E-state index contributed by atoms with van der Waals surface area (Å²) in [6.45, 7) is 5.57. The summed E-state index contributed by atoms with van der Waals surface area (Å²) in [7, 11) is 1.74. The summed E-state index contributed by atoms with van der Waals surface area (Å²) in [5.41, 5.74) is 2.82. The Labute approximate surface area is 130 Å². The van der Waals surface area contributed by atoms with Crippen molar-refractivity contribution in [2.45, 2.75) is 64.8 Å². The zero-order valence-corrected chi connectivity index (χ0v) is 14.0. The minimum Gasteiger partial charge on any atom is -0.497 e. The van der Waals surface area contributed by atoms with Crippen LogP contribution in [0.3, 0.4) is 0 Å². The van der Waals surface area contributed by atoms with Crippen molar-refractivity contribution in [3.8, 4) is 5.75 Å². The molecule has 21 heavy (non-hydrogen) atoms. The molecule has 0 bridgehead atoms. The fourth-order valence-corrected chi connectivity index (χ4v) is 3.60. The minimum atomic E-state index is 0.508. The lowest BCUT2D eigenvalue weighted by Crippen LogP contribution is -2.29. The van der Waals surface area contributed by atoms with Crippen LogP contribution in [0.5, 0.6) is 5.75 Å². The standard InChI is InChI=1S/C19H31NO/c1-4-13-20-19(16-9-7-5-6-8-10-16)18-12-11-17(21-3)14-15(18)2/h11-12,14,16,19-20H,4-10,13H2,1-3H3. The summed E-state index contributed by atoms with van der Waals surface area (Å²) in [4.78, 5) is 0. The molecule has 0 spiro atoms. The number of rotatable bonds is 6. The van der Waals surface area contributed by atoms with E-state index in [1.54, 1.807) is 7.11 Å². The van der Waals surface area contributed by atoms with Crippen LogP contribution in [0.1, 0.15) is 69.0 Å². The molecule has 2 nitrogen and oxygen atoms in total. The molecule has 0 heterocycles. The van der Waals surface area contributed by atoms with Crippen LogP contribution < -0.4 is 10.1 Å². The van der Waals surface area contributed by atoms with Gasteiger partial charge in [0.05, 0.1) is 7.11 Å². The van der Waals surface area contributed by atoms with Crippen LogP contribution in [-0.4, -0.2) is 13.7 Å². The Balaban J connectivity index is 2.21. The van der Waals surface area contributed by atoms with E-state index in [4.69, 9.17) is 4.74 Å². The molecule has 1 saturated carbocycles. The Bertz CT molecular complexity index is 422. The van der Waals surface area contributed by atoms with Gasteiger partial charge in [0.25, 0.3) is 0 Å². The molecule has 1 N–H and O–H groups in total. The lowest BCUT2D eigenvalue weighted by molar-refractivity contribution is 0.324. The molecule has 0 radical (unpaired) electrons. The lowest BCUT2D eigenvalue weighted by Gasteiger charge is -2.29. The van der Waals surface area contributed by atoms with E-state index < -0.39 is 0 Å². The van der Waals surface area contributed by atoms with E-state index in [1.165, 1.54) is 56.1 Å². The molecule has 2 heteroatoms. The van der Waals surface area contributed by atoms with Gasteiger partial charge in [0.15, 0.2) is 0 Å². The van der Waals surface area contributed by atoms with E-state index in [0.717, 1.165) is 18.2 Å². The molecule has 0 saturated heterocycles. The van der Waals surface area contributed by atoms with Gasteiger partial charge in [-0.1, -0.05) is 38.7 Å². The summed E-state index contributed by atoms with van der Waals surface area (Å²) < 4.78 is 5.36. The second kappa shape index (κ2) is 8.43. The highest BCUT2D eigenvalue weighted by atomic mass is 16.5. The van der Waals surface area contributed by atoms with Crippen molar-refractivity contribution >= 4 is 0 Å². The first-order valence-corrected chi connectivity index (χ1v) is 8.64. The third-order valence-corrected chi connectivity index (χ3v) is 4.80. The molecule has 0 amide bonds. The monoisotopic (exact) mass is 289 g/mol. The van der Waals surface area contributed by atoms with E-state index in [2.05, 4.69) is 37.4 Å². The maximum atomic E-state index is 5.36. The molecular formula is C19H31NO. The zero-order valence-electron chi connectivity index (χ0n) is 14.0. The van der Waals surface area contributed by atoms with Crippen LogP contribution in [0.25, 0.3) is 0 Å². The van der Waals surface area contributed by atoms with Crippen molar-refractivity contribution in [1.82, 2.24) is 5.32 Å². The molecule has 118 valence electrons. The molecule has 1 aromatic carbocycles. The lowest BCUT2D eigenvalue weighted by atomic mass is 9.85. The first-order chi connectivity index (χ1) is 10.3. The van der Waals surface area contributed by atoms with Crippen LogP contribution in [0.15, 0.2) is 18.2 Å². The van der Waals surface area contributed by atoms with Crippen molar-refractivity contribution in [2.24, 2.45) is 5.92 Å². The minimum absolute atomic E-state index is 0.508. The molecule has 0 aliphatic heterocycles. The quantitative estimate of drug-likeness (QED) is 0.743. The van der Waals surface area contributed by atoms with Crippen molar-refractivity contribution in [1.29, 1.82) is 0 Å². The average Bonchev–Trinajstić information content (AvgIpc) is 2.78. The third kappa shape index (κ3) is 4.47. The van der Waals surface area contributed by atoms with Gasteiger partial charge in [-0.3, -0.25) is 0 Å². The fourth-order valence-electron chi connectivity index (χ4n) is 3.60. The van der Waals surface area contributed by atoms with Crippen molar-refractivity contribution < 1.29 is 4.74 Å². The molecule has 0 aromatic heterocycles. The second-order valence-electron chi connectivity index (χ2n) is 6.41. The van der Waals surface area contributed by atoms with E-state index in [9.17, 15) is 0 Å². The van der Waals surface area contributed by atoms with Gasteiger partial charge in [0.2, 0.25) is 0 Å². The summed E-state index contributed by atoms with van der Waals surface area (Å²) in [5.74, 6) is 1.75. The van der Waals surface area contributed by atoms with Gasteiger partial charge in [-0.15, -0.1) is 0 Å². The van der Waals surface area contributed by atoms with Gasteiger partial charge in [0.1, 0.15) is 5.75 Å². The Hall–Kier alpha value is -1.02. The summed E-state index contributed by atoms with van der Waals surface area (Å²) in [6, 6.07) is 7.06. The zero-order chi connectivity index (χ0) is 15.1. The topological polar surface area (TPSA) is 21.3 Å². The molecule has 1 aromatic rings. The van der Waals surface area contributed by atoms with Gasteiger partial charge < -0.3 is 10.1 Å². The molecule has 1 fully saturated rings. The number of methoxy groups -OCH3 is 1. The highest BCUT2D eigenvalue weighted by Gasteiger charge is 2.24. The molecule has 1 aliphatic carbocycles. The van der Waals surface area contributed by atoms with E-state index in [-0.39, 0.29) is 0 Å². The average molecular weight is 289 g/mol. The van der Waals surface area contributed by atoms with E-state index >= 15 is 0 Å². The smallest absolute Gasteiger partial charge is 0.119 e. The van der Waals surface area contributed by atoms with Gasteiger partial charge in [0, 0.05) is 6.04 Å². The SMILES string of the molecule is CCCNC(c1ccc(OC)cc1C)C1CCCCCC1. The number of aryl methyl sites for hydroxylation is 1. The maximum absolute atomic E-state index is 5.36. The van der Waals surface area contributed by atoms with Crippen molar-refractivity contribution in [2.75, 3.05) is 13.7 Å². The summed E-state index contributed by atoms with van der Waals surface area (Å²) >= 11 is 0. The van der Waals surface area contributed by atoms with Crippen LogP contribution in [0.2, 0.25) is 0 Å². The summed E-state index contributed by atoms with van der Waals surface area (Å²) in [6.07, 6.45) is 9.55. The van der Waals surface area contributed by atoms with Gasteiger partial charge in [-0.05, 0) is 61.9 Å². The molecule has 1 aliphatic rings. The number of hydrogen-bond acceptors (Lipinski definition) is 2. The fraction of sp³-hybridized carbons (Fsp3) is 0.684. The Kier molecular flexibility index (Phi) is 6.56. The maximum Gasteiger partial charge on any atom is 0.119 e. The van der Waals surface area contributed by atoms with Crippen LogP contribution in [0.4, 0.5) is 0 Å². The normalized spacial score (nSPS) is 18.2. The van der Waals surface area contributed by atoms with Gasteiger partial charge >= 0.3 is 0 Å². The third-order valence-electron chi connectivity index (χ3n) is 4.80. The number of hydrogen-bond donors (Lipinski definition) is 1. The van der Waals surface area contributed by atoms with Crippen LogP contribution in [-0.2, 0) is 0 Å².